The third kappa shape index (κ3) is 3.83. The van der Waals surface area contributed by atoms with E-state index in [-0.39, 0.29) is 28.3 Å². The Morgan fingerprint density at radius 3 is 2.40 bits per heavy atom. The smallest absolute Gasteiger partial charge is 0.263 e. The molecule has 3 aromatic rings. The summed E-state index contributed by atoms with van der Waals surface area (Å²) in [6.07, 6.45) is 0.747. The largest absolute Gasteiger partial charge is 0.274 e. The minimum atomic E-state index is -3.86. The SMILES string of the molecule is CCc1nnc(NS(=O)(=O)c2ccc(N3C(=O)CC(c4ccccc4)C3=O)cc2)s1. The van der Waals surface area contributed by atoms with E-state index in [2.05, 4.69) is 14.9 Å². The number of carbonyl (C=O) groups excluding carboxylic acids is 2. The van der Waals surface area contributed by atoms with Crippen molar-refractivity contribution in [2.75, 3.05) is 9.62 Å². The molecule has 1 aromatic heterocycles. The first-order valence-corrected chi connectivity index (χ1v) is 11.6. The molecular weight excluding hydrogens is 424 g/mol. The van der Waals surface area contributed by atoms with Crippen LogP contribution in [0.25, 0.3) is 0 Å². The number of hydrogen-bond donors (Lipinski definition) is 1. The van der Waals surface area contributed by atoms with E-state index in [0.29, 0.717) is 12.1 Å². The number of benzene rings is 2. The molecule has 1 aliphatic heterocycles. The van der Waals surface area contributed by atoms with Gasteiger partial charge in [-0.25, -0.2) is 8.42 Å². The summed E-state index contributed by atoms with van der Waals surface area (Å²) in [6.45, 7) is 1.90. The van der Waals surface area contributed by atoms with E-state index in [1.54, 1.807) is 0 Å². The average molecular weight is 443 g/mol. The van der Waals surface area contributed by atoms with E-state index >= 15 is 0 Å². The second-order valence-corrected chi connectivity index (χ2v) is 9.43. The Hall–Kier alpha value is -3.11. The standard InChI is InChI=1S/C20H18N4O4S2/c1-2-17-21-22-20(29-17)23-30(27,28)15-10-8-14(9-11-15)24-18(25)12-16(19(24)26)13-6-4-3-5-7-13/h3-11,16H,2,12H2,1H3,(H,22,23). The van der Waals surface area contributed by atoms with E-state index < -0.39 is 15.9 Å². The zero-order chi connectivity index (χ0) is 21.3. The van der Waals surface area contributed by atoms with Crippen LogP contribution in [0, 0.1) is 0 Å². The molecule has 1 N–H and O–H groups in total. The highest BCUT2D eigenvalue weighted by atomic mass is 32.2. The molecule has 2 aromatic carbocycles. The fraction of sp³-hybridized carbons (Fsp3) is 0.200. The molecule has 0 radical (unpaired) electrons. The van der Waals surface area contributed by atoms with Gasteiger partial charge in [0.15, 0.2) is 0 Å². The van der Waals surface area contributed by atoms with Crippen LogP contribution in [0.3, 0.4) is 0 Å². The molecule has 10 heteroatoms. The molecule has 0 aliphatic carbocycles. The van der Waals surface area contributed by atoms with Crippen LogP contribution < -0.4 is 9.62 Å². The van der Waals surface area contributed by atoms with Crippen LogP contribution in [-0.4, -0.2) is 30.4 Å². The molecule has 0 bridgehead atoms. The van der Waals surface area contributed by atoms with Crippen molar-refractivity contribution in [2.45, 2.75) is 30.6 Å². The van der Waals surface area contributed by atoms with Crippen LogP contribution in [-0.2, 0) is 26.0 Å². The van der Waals surface area contributed by atoms with Crippen molar-refractivity contribution in [3.05, 3.63) is 65.2 Å². The topological polar surface area (TPSA) is 109 Å². The van der Waals surface area contributed by atoms with E-state index in [1.165, 1.54) is 35.6 Å². The summed E-state index contributed by atoms with van der Waals surface area (Å²) >= 11 is 1.17. The molecule has 1 fully saturated rings. The summed E-state index contributed by atoms with van der Waals surface area (Å²) in [6, 6.07) is 14.8. The maximum absolute atomic E-state index is 12.8. The zero-order valence-electron chi connectivity index (χ0n) is 16.0. The summed E-state index contributed by atoms with van der Waals surface area (Å²) in [5.41, 5.74) is 1.12. The van der Waals surface area contributed by atoms with E-state index in [4.69, 9.17) is 0 Å². The number of nitrogens with zero attached hydrogens (tertiary/aromatic N) is 3. The van der Waals surface area contributed by atoms with E-state index in [0.717, 1.165) is 15.5 Å². The number of aromatic nitrogens is 2. The quantitative estimate of drug-likeness (QED) is 0.588. The first-order chi connectivity index (χ1) is 14.4. The Morgan fingerprint density at radius 2 is 1.77 bits per heavy atom. The van der Waals surface area contributed by atoms with Crippen LogP contribution in [0.1, 0.15) is 29.8 Å². The fourth-order valence-electron chi connectivity index (χ4n) is 3.23. The number of hydrogen-bond acceptors (Lipinski definition) is 7. The van der Waals surface area contributed by atoms with E-state index in [1.807, 2.05) is 37.3 Å². The minimum Gasteiger partial charge on any atom is -0.274 e. The Balaban J connectivity index is 1.54. The van der Waals surface area contributed by atoms with Crippen molar-refractivity contribution >= 4 is 44.0 Å². The molecule has 1 aliphatic rings. The molecule has 8 nitrogen and oxygen atoms in total. The Kier molecular flexibility index (Phi) is 5.35. The van der Waals surface area contributed by atoms with Crippen LogP contribution in [0.15, 0.2) is 59.5 Å². The lowest BCUT2D eigenvalue weighted by Gasteiger charge is -2.16. The van der Waals surface area contributed by atoms with Crippen molar-refractivity contribution in [3.8, 4) is 0 Å². The van der Waals surface area contributed by atoms with Crippen LogP contribution in [0.5, 0.6) is 0 Å². The lowest BCUT2D eigenvalue weighted by Crippen LogP contribution is -2.30. The van der Waals surface area contributed by atoms with Gasteiger partial charge in [0.1, 0.15) is 5.01 Å². The van der Waals surface area contributed by atoms with Gasteiger partial charge in [-0.05, 0) is 36.2 Å². The van der Waals surface area contributed by atoms with Crippen LogP contribution in [0.2, 0.25) is 0 Å². The van der Waals surface area contributed by atoms with Crippen LogP contribution >= 0.6 is 11.3 Å². The highest BCUT2D eigenvalue weighted by molar-refractivity contribution is 7.93. The van der Waals surface area contributed by atoms with Gasteiger partial charge < -0.3 is 0 Å². The monoisotopic (exact) mass is 442 g/mol. The van der Waals surface area contributed by atoms with Crippen LogP contribution in [0.4, 0.5) is 10.8 Å². The van der Waals surface area contributed by atoms with Crippen molar-refractivity contribution in [3.63, 3.8) is 0 Å². The number of rotatable bonds is 6. The molecule has 1 saturated heterocycles. The fourth-order valence-corrected chi connectivity index (χ4v) is 5.14. The summed E-state index contributed by atoms with van der Waals surface area (Å²) in [4.78, 5) is 26.4. The van der Waals surface area contributed by atoms with Gasteiger partial charge >= 0.3 is 0 Å². The molecule has 2 amide bonds. The first-order valence-electron chi connectivity index (χ1n) is 9.26. The summed E-state index contributed by atoms with van der Waals surface area (Å²) in [5.74, 6) is -1.17. The van der Waals surface area contributed by atoms with Gasteiger partial charge in [-0.2, -0.15) is 0 Å². The molecule has 1 unspecified atom stereocenters. The number of imide groups is 1. The predicted molar refractivity (Wildman–Crippen MR) is 113 cm³/mol. The molecule has 0 spiro atoms. The van der Waals surface area contributed by atoms with Crippen molar-refractivity contribution in [2.24, 2.45) is 0 Å². The number of amides is 2. The van der Waals surface area contributed by atoms with Crippen molar-refractivity contribution in [1.82, 2.24) is 10.2 Å². The second kappa shape index (κ2) is 7.96. The number of sulfonamides is 1. The normalized spacial score (nSPS) is 16.8. The Bertz CT molecular complexity index is 1190. The first kappa shape index (κ1) is 20.2. The van der Waals surface area contributed by atoms with Gasteiger partial charge in [-0.1, -0.05) is 48.6 Å². The molecule has 1 atom stereocenters. The zero-order valence-corrected chi connectivity index (χ0v) is 17.6. The Morgan fingerprint density at radius 1 is 1.07 bits per heavy atom. The summed E-state index contributed by atoms with van der Waals surface area (Å²) < 4.78 is 27.5. The third-order valence-corrected chi connectivity index (χ3v) is 7.21. The average Bonchev–Trinajstić information content (AvgIpc) is 3.31. The van der Waals surface area contributed by atoms with E-state index in [9.17, 15) is 18.0 Å². The number of nitrogens with one attached hydrogen (secondary N) is 1. The molecule has 2 heterocycles. The summed E-state index contributed by atoms with van der Waals surface area (Å²) in [7, 11) is -3.86. The molecule has 154 valence electrons. The maximum Gasteiger partial charge on any atom is 0.263 e. The van der Waals surface area contributed by atoms with Crippen molar-refractivity contribution in [1.29, 1.82) is 0 Å². The van der Waals surface area contributed by atoms with Gasteiger partial charge in [-0.3, -0.25) is 19.2 Å². The molecular formula is C20H18N4O4S2. The van der Waals surface area contributed by atoms with Gasteiger partial charge in [0, 0.05) is 6.42 Å². The lowest BCUT2D eigenvalue weighted by molar-refractivity contribution is -0.121. The number of anilines is 2. The van der Waals surface area contributed by atoms with Gasteiger partial charge in [0.2, 0.25) is 16.9 Å². The molecule has 4 rings (SSSR count). The third-order valence-electron chi connectivity index (χ3n) is 4.74. The second-order valence-electron chi connectivity index (χ2n) is 6.69. The molecule has 30 heavy (non-hydrogen) atoms. The lowest BCUT2D eigenvalue weighted by atomic mass is 9.98. The summed E-state index contributed by atoms with van der Waals surface area (Å²) in [5, 5.41) is 8.61. The van der Waals surface area contributed by atoms with Crippen molar-refractivity contribution < 1.29 is 18.0 Å². The number of carbonyl (C=O) groups is 2. The van der Waals surface area contributed by atoms with Gasteiger partial charge in [-0.15, -0.1) is 10.2 Å². The Labute approximate surface area is 177 Å². The highest BCUT2D eigenvalue weighted by Crippen LogP contribution is 2.33. The highest BCUT2D eigenvalue weighted by Gasteiger charge is 2.40. The molecule has 0 saturated carbocycles. The predicted octanol–water partition coefficient (Wildman–Crippen LogP) is 2.95. The minimum absolute atomic E-state index is 0.00166. The van der Waals surface area contributed by atoms with Gasteiger partial charge in [0.05, 0.1) is 16.5 Å². The number of aryl methyl sites for hydroxylation is 1. The maximum atomic E-state index is 12.8. The van der Waals surface area contributed by atoms with Gasteiger partial charge in [0.25, 0.3) is 10.0 Å².